The van der Waals surface area contributed by atoms with E-state index in [-0.39, 0.29) is 0 Å². The molecule has 0 amide bonds. The zero-order valence-electron chi connectivity index (χ0n) is 5.88. The van der Waals surface area contributed by atoms with Crippen molar-refractivity contribution in [2.75, 3.05) is 7.05 Å². The van der Waals surface area contributed by atoms with Gasteiger partial charge in [-0.25, -0.2) is 0 Å². The fraction of sp³-hybridized carbons (Fsp3) is 1.00. The van der Waals surface area contributed by atoms with Crippen molar-refractivity contribution in [1.29, 1.82) is 0 Å². The van der Waals surface area contributed by atoms with E-state index in [4.69, 9.17) is 5.73 Å². The van der Waals surface area contributed by atoms with Crippen LogP contribution in [-0.2, 0) is 0 Å². The van der Waals surface area contributed by atoms with Crippen molar-refractivity contribution < 1.29 is 0 Å². The van der Waals surface area contributed by atoms with Crippen LogP contribution >= 0.6 is 0 Å². The second-order valence-corrected chi connectivity index (χ2v) is 3.36. The van der Waals surface area contributed by atoms with Crippen LogP contribution in [-0.4, -0.2) is 30.1 Å². The number of hydrogen-bond acceptors (Lipinski definition) is 2. The highest BCUT2D eigenvalue weighted by molar-refractivity contribution is 5.00. The van der Waals surface area contributed by atoms with Crippen molar-refractivity contribution in [1.82, 2.24) is 4.90 Å². The molecule has 2 rings (SSSR count). The molecule has 0 aliphatic carbocycles. The first-order valence-corrected chi connectivity index (χ1v) is 3.76. The van der Waals surface area contributed by atoms with E-state index >= 15 is 0 Å². The van der Waals surface area contributed by atoms with Gasteiger partial charge in [0.1, 0.15) is 0 Å². The predicted molar refractivity (Wildman–Crippen MR) is 37.2 cm³/mol. The van der Waals surface area contributed by atoms with Crippen LogP contribution in [0.4, 0.5) is 0 Å². The van der Waals surface area contributed by atoms with Gasteiger partial charge in [-0.1, -0.05) is 0 Å². The minimum Gasteiger partial charge on any atom is -0.326 e. The lowest BCUT2D eigenvalue weighted by atomic mass is 9.97. The Morgan fingerprint density at radius 2 is 2.22 bits per heavy atom. The maximum atomic E-state index is 5.87. The first-order chi connectivity index (χ1) is 4.29. The maximum absolute atomic E-state index is 5.87. The number of fused-ring (bicyclic) bond motifs is 2. The average Bonchev–Trinajstić information content (AvgIpc) is 2.25. The fourth-order valence-electron chi connectivity index (χ4n) is 2.31. The van der Waals surface area contributed by atoms with Crippen LogP contribution in [0, 0.1) is 0 Å². The van der Waals surface area contributed by atoms with E-state index in [2.05, 4.69) is 11.9 Å². The number of hydrogen-bond donors (Lipinski definition) is 1. The summed E-state index contributed by atoms with van der Waals surface area (Å²) in [6.07, 6.45) is 3.96. The molecule has 0 aromatic rings. The van der Waals surface area contributed by atoms with Crippen LogP contribution in [0.5, 0.6) is 0 Å². The first kappa shape index (κ1) is 5.69. The summed E-state index contributed by atoms with van der Waals surface area (Å²) in [5.41, 5.74) is 5.87. The lowest BCUT2D eigenvalue weighted by Gasteiger charge is -2.16. The molecule has 0 aromatic heterocycles. The molecule has 2 heteroatoms. The molecule has 2 aliphatic heterocycles. The van der Waals surface area contributed by atoms with Gasteiger partial charge in [-0.15, -0.1) is 0 Å². The van der Waals surface area contributed by atoms with Gasteiger partial charge in [0.2, 0.25) is 0 Å². The standard InChI is InChI=1S/C7H14N2/c1-9-5-2-3-7(9)6(8)4-5/h5-7H,2-4,8H2,1H3/t5-,6?,7+/m0/s1. The SMILES string of the molecule is CN1[C@H]2CC[C@@H]1C(N)C2. The molecule has 0 radical (unpaired) electrons. The molecule has 52 valence electrons. The highest BCUT2D eigenvalue weighted by Crippen LogP contribution is 2.34. The second-order valence-electron chi connectivity index (χ2n) is 3.36. The topological polar surface area (TPSA) is 29.3 Å². The zero-order valence-corrected chi connectivity index (χ0v) is 5.88. The summed E-state index contributed by atoms with van der Waals surface area (Å²) in [5.74, 6) is 0. The molecular weight excluding hydrogens is 112 g/mol. The Hall–Kier alpha value is -0.0800. The van der Waals surface area contributed by atoms with Crippen molar-refractivity contribution in [3.8, 4) is 0 Å². The second kappa shape index (κ2) is 1.70. The molecule has 2 N–H and O–H groups in total. The van der Waals surface area contributed by atoms with Crippen LogP contribution in [0.1, 0.15) is 19.3 Å². The van der Waals surface area contributed by atoms with Crippen LogP contribution in [0.2, 0.25) is 0 Å². The van der Waals surface area contributed by atoms with Gasteiger partial charge in [0.25, 0.3) is 0 Å². The lowest BCUT2D eigenvalue weighted by molar-refractivity contribution is 0.307. The summed E-state index contributed by atoms with van der Waals surface area (Å²) in [4.78, 5) is 2.45. The number of nitrogens with two attached hydrogens (primary N) is 1. The van der Waals surface area contributed by atoms with E-state index in [0.29, 0.717) is 6.04 Å². The molecule has 3 atom stereocenters. The predicted octanol–water partition coefficient (Wildman–Crippen LogP) is 0.180. The van der Waals surface area contributed by atoms with Crippen molar-refractivity contribution in [3.05, 3.63) is 0 Å². The largest absolute Gasteiger partial charge is 0.326 e. The molecule has 2 saturated heterocycles. The van der Waals surface area contributed by atoms with E-state index in [0.717, 1.165) is 12.1 Å². The zero-order chi connectivity index (χ0) is 6.43. The van der Waals surface area contributed by atoms with E-state index in [1.54, 1.807) is 0 Å². The molecule has 2 fully saturated rings. The Balaban J connectivity index is 2.16. The molecular formula is C7H14N2. The van der Waals surface area contributed by atoms with Crippen molar-refractivity contribution in [3.63, 3.8) is 0 Å². The highest BCUT2D eigenvalue weighted by atomic mass is 15.2. The molecule has 1 unspecified atom stereocenters. The van der Waals surface area contributed by atoms with Gasteiger partial charge >= 0.3 is 0 Å². The summed E-state index contributed by atoms with van der Waals surface area (Å²) in [6.45, 7) is 0. The fourth-order valence-corrected chi connectivity index (χ4v) is 2.31. The van der Waals surface area contributed by atoms with Gasteiger partial charge in [0, 0.05) is 18.1 Å². The Kier molecular flexibility index (Phi) is 1.08. The summed E-state index contributed by atoms with van der Waals surface area (Å²) < 4.78 is 0. The van der Waals surface area contributed by atoms with Crippen molar-refractivity contribution >= 4 is 0 Å². The number of nitrogens with zero attached hydrogens (tertiary/aromatic N) is 1. The quantitative estimate of drug-likeness (QED) is 0.501. The van der Waals surface area contributed by atoms with E-state index in [9.17, 15) is 0 Å². The van der Waals surface area contributed by atoms with Crippen LogP contribution in [0.25, 0.3) is 0 Å². The molecule has 2 heterocycles. The molecule has 0 spiro atoms. The molecule has 2 bridgehead atoms. The maximum Gasteiger partial charge on any atom is 0.0248 e. The molecule has 0 saturated carbocycles. The first-order valence-electron chi connectivity index (χ1n) is 3.76. The van der Waals surface area contributed by atoms with E-state index < -0.39 is 0 Å². The number of likely N-dealkylation sites (N-methyl/N-ethyl adjacent to an activating group) is 1. The average molecular weight is 126 g/mol. The third-order valence-electron chi connectivity index (χ3n) is 2.93. The van der Waals surface area contributed by atoms with Crippen LogP contribution < -0.4 is 5.73 Å². The Labute approximate surface area is 56.0 Å². The van der Waals surface area contributed by atoms with E-state index in [1.807, 2.05) is 0 Å². The minimum absolute atomic E-state index is 0.480. The van der Waals surface area contributed by atoms with Crippen molar-refractivity contribution in [2.24, 2.45) is 5.73 Å². The van der Waals surface area contributed by atoms with Crippen LogP contribution in [0.3, 0.4) is 0 Å². The van der Waals surface area contributed by atoms with Gasteiger partial charge in [-0.2, -0.15) is 0 Å². The van der Waals surface area contributed by atoms with Gasteiger partial charge in [0.15, 0.2) is 0 Å². The molecule has 9 heavy (non-hydrogen) atoms. The molecule has 2 nitrogen and oxygen atoms in total. The van der Waals surface area contributed by atoms with E-state index in [1.165, 1.54) is 19.3 Å². The van der Waals surface area contributed by atoms with Gasteiger partial charge in [-0.3, -0.25) is 4.90 Å². The van der Waals surface area contributed by atoms with Crippen LogP contribution in [0.15, 0.2) is 0 Å². The minimum atomic E-state index is 0.480. The summed E-state index contributed by atoms with van der Waals surface area (Å²) >= 11 is 0. The van der Waals surface area contributed by atoms with Gasteiger partial charge in [0.05, 0.1) is 0 Å². The smallest absolute Gasteiger partial charge is 0.0248 e. The Morgan fingerprint density at radius 3 is 2.44 bits per heavy atom. The third kappa shape index (κ3) is 0.634. The van der Waals surface area contributed by atoms with Gasteiger partial charge < -0.3 is 5.73 Å². The molecule has 0 aromatic carbocycles. The normalized spacial score (nSPS) is 50.7. The Bertz CT molecular complexity index is 124. The van der Waals surface area contributed by atoms with Crippen molar-refractivity contribution in [2.45, 2.75) is 37.4 Å². The summed E-state index contributed by atoms with van der Waals surface area (Å²) in [5, 5.41) is 0. The molecule has 2 aliphatic rings. The Morgan fingerprint density at radius 1 is 1.44 bits per heavy atom. The van der Waals surface area contributed by atoms with Gasteiger partial charge in [-0.05, 0) is 26.3 Å². The summed E-state index contributed by atoms with van der Waals surface area (Å²) in [7, 11) is 2.20. The lowest BCUT2D eigenvalue weighted by Crippen LogP contribution is -2.34. The third-order valence-corrected chi connectivity index (χ3v) is 2.93. The number of rotatable bonds is 0. The summed E-state index contributed by atoms with van der Waals surface area (Å²) in [6, 6.07) is 2.02. The highest BCUT2D eigenvalue weighted by Gasteiger charge is 2.41. The monoisotopic (exact) mass is 126 g/mol.